The number of nitrogens with one attached hydrogen (secondary N) is 1. The van der Waals surface area contributed by atoms with Gasteiger partial charge in [-0.1, -0.05) is 11.6 Å². The second-order valence-corrected chi connectivity index (χ2v) is 7.21. The van der Waals surface area contributed by atoms with E-state index >= 15 is 0 Å². The van der Waals surface area contributed by atoms with Gasteiger partial charge in [-0.25, -0.2) is 9.48 Å². The number of pyridine rings is 1. The molecule has 9 heteroatoms. The highest BCUT2D eigenvalue weighted by Crippen LogP contribution is 2.36. The van der Waals surface area contributed by atoms with Gasteiger partial charge < -0.3 is 10.1 Å². The third kappa shape index (κ3) is 4.02. The summed E-state index contributed by atoms with van der Waals surface area (Å²) in [5.41, 5.74) is 0.954. The molecule has 1 aliphatic rings. The van der Waals surface area contributed by atoms with Gasteiger partial charge in [-0.3, -0.25) is 14.3 Å². The lowest BCUT2D eigenvalue weighted by atomic mass is 10.2. The van der Waals surface area contributed by atoms with E-state index in [1.54, 1.807) is 35.2 Å². The molecule has 1 amide bonds. The van der Waals surface area contributed by atoms with Crippen molar-refractivity contribution in [3.8, 4) is 17.1 Å². The Balaban J connectivity index is 1.50. The van der Waals surface area contributed by atoms with Crippen molar-refractivity contribution in [1.82, 2.24) is 24.6 Å². The molecule has 0 unspecified atom stereocenters. The maximum atomic E-state index is 12.8. The highest BCUT2D eigenvalue weighted by molar-refractivity contribution is 6.31. The van der Waals surface area contributed by atoms with Crippen LogP contribution in [0.5, 0.6) is 5.75 Å². The Bertz CT molecular complexity index is 1090. The lowest BCUT2D eigenvalue weighted by Crippen LogP contribution is -2.32. The average Bonchev–Trinajstić information content (AvgIpc) is 3.52. The SMILES string of the molecule is COc1ccc(Cl)cc1C(=O)NCCn1nc(-c2cccnc2)n(C2CC2)c1=O. The Morgan fingerprint density at radius 1 is 1.34 bits per heavy atom. The van der Waals surface area contributed by atoms with Crippen LogP contribution in [0.3, 0.4) is 0 Å². The number of methoxy groups -OCH3 is 1. The van der Waals surface area contributed by atoms with Gasteiger partial charge in [0.2, 0.25) is 0 Å². The van der Waals surface area contributed by atoms with E-state index < -0.39 is 0 Å². The molecule has 150 valence electrons. The van der Waals surface area contributed by atoms with Gasteiger partial charge in [-0.15, -0.1) is 5.10 Å². The molecular formula is C20H20ClN5O3. The van der Waals surface area contributed by atoms with Crippen molar-refractivity contribution in [3.05, 3.63) is 63.8 Å². The van der Waals surface area contributed by atoms with E-state index in [0.717, 1.165) is 18.4 Å². The number of hydrogen-bond donors (Lipinski definition) is 1. The second kappa shape index (κ2) is 8.08. The normalized spacial score (nSPS) is 13.3. The van der Waals surface area contributed by atoms with Crippen LogP contribution in [0.4, 0.5) is 0 Å². The lowest BCUT2D eigenvalue weighted by molar-refractivity contribution is 0.0948. The number of nitrogens with zero attached hydrogens (tertiary/aromatic N) is 4. The van der Waals surface area contributed by atoms with Crippen molar-refractivity contribution in [1.29, 1.82) is 0 Å². The lowest BCUT2D eigenvalue weighted by Gasteiger charge is -2.09. The van der Waals surface area contributed by atoms with Crippen molar-refractivity contribution in [2.24, 2.45) is 0 Å². The summed E-state index contributed by atoms with van der Waals surface area (Å²) in [5, 5.41) is 7.72. The number of aromatic nitrogens is 4. The summed E-state index contributed by atoms with van der Waals surface area (Å²) < 4.78 is 8.32. The molecule has 1 aliphatic carbocycles. The summed E-state index contributed by atoms with van der Waals surface area (Å²) in [7, 11) is 1.49. The molecule has 0 aliphatic heterocycles. The fourth-order valence-electron chi connectivity index (χ4n) is 3.15. The molecule has 8 nitrogen and oxygen atoms in total. The Kier molecular flexibility index (Phi) is 5.35. The van der Waals surface area contributed by atoms with Crippen molar-refractivity contribution in [2.45, 2.75) is 25.4 Å². The highest BCUT2D eigenvalue weighted by atomic mass is 35.5. The van der Waals surface area contributed by atoms with Crippen LogP contribution in [-0.2, 0) is 6.54 Å². The van der Waals surface area contributed by atoms with Crippen molar-refractivity contribution < 1.29 is 9.53 Å². The van der Waals surface area contributed by atoms with Gasteiger partial charge in [-0.2, -0.15) is 0 Å². The van der Waals surface area contributed by atoms with Gasteiger partial charge in [0.25, 0.3) is 5.91 Å². The van der Waals surface area contributed by atoms with Crippen LogP contribution in [0.25, 0.3) is 11.4 Å². The van der Waals surface area contributed by atoms with E-state index in [2.05, 4.69) is 15.4 Å². The molecule has 1 N–H and O–H groups in total. The number of amides is 1. The Labute approximate surface area is 172 Å². The van der Waals surface area contributed by atoms with Gasteiger partial charge in [-0.05, 0) is 43.2 Å². The molecule has 0 atom stereocenters. The predicted octanol–water partition coefficient (Wildman–Crippen LogP) is 2.53. The predicted molar refractivity (Wildman–Crippen MR) is 108 cm³/mol. The number of ether oxygens (including phenoxy) is 1. The summed E-state index contributed by atoms with van der Waals surface area (Å²) >= 11 is 5.98. The minimum atomic E-state index is -0.327. The fourth-order valence-corrected chi connectivity index (χ4v) is 3.32. The molecule has 0 bridgehead atoms. The highest BCUT2D eigenvalue weighted by Gasteiger charge is 2.30. The van der Waals surface area contributed by atoms with Gasteiger partial charge in [0.15, 0.2) is 5.82 Å². The van der Waals surface area contributed by atoms with Crippen LogP contribution in [-0.4, -0.2) is 38.9 Å². The van der Waals surface area contributed by atoms with Crippen molar-refractivity contribution in [3.63, 3.8) is 0 Å². The second-order valence-electron chi connectivity index (χ2n) is 6.77. The van der Waals surface area contributed by atoms with E-state index in [4.69, 9.17) is 16.3 Å². The molecule has 0 radical (unpaired) electrons. The topological polar surface area (TPSA) is 91.0 Å². The standard InChI is InChI=1S/C20H20ClN5O3/c1-29-17-7-4-14(21)11-16(17)19(27)23-9-10-25-20(28)26(15-5-6-15)18(24-25)13-3-2-8-22-12-13/h2-4,7-8,11-12,15H,5-6,9-10H2,1H3,(H,23,27). The van der Waals surface area contributed by atoms with Crippen LogP contribution in [0.2, 0.25) is 5.02 Å². The first-order valence-corrected chi connectivity index (χ1v) is 9.67. The molecule has 29 heavy (non-hydrogen) atoms. The molecule has 0 saturated heterocycles. The van der Waals surface area contributed by atoms with E-state index in [1.165, 1.54) is 11.8 Å². The number of halogens is 1. The molecule has 3 aromatic rings. The smallest absolute Gasteiger partial charge is 0.346 e. The molecule has 1 fully saturated rings. The zero-order valence-corrected chi connectivity index (χ0v) is 16.6. The molecule has 4 rings (SSSR count). The third-order valence-corrected chi connectivity index (χ3v) is 4.95. The Morgan fingerprint density at radius 2 is 2.17 bits per heavy atom. The number of hydrogen-bond acceptors (Lipinski definition) is 5. The van der Waals surface area contributed by atoms with Crippen LogP contribution < -0.4 is 15.7 Å². The van der Waals surface area contributed by atoms with Gasteiger partial charge in [0.05, 0.1) is 19.2 Å². The molecule has 1 saturated carbocycles. The van der Waals surface area contributed by atoms with Crippen LogP contribution in [0.15, 0.2) is 47.5 Å². The zero-order valence-electron chi connectivity index (χ0n) is 15.8. The fraction of sp³-hybridized carbons (Fsp3) is 0.300. The molecular weight excluding hydrogens is 394 g/mol. The summed E-state index contributed by atoms with van der Waals surface area (Å²) in [6, 6.07) is 8.71. The van der Waals surface area contributed by atoms with Crippen molar-refractivity contribution >= 4 is 17.5 Å². The van der Waals surface area contributed by atoms with Crippen molar-refractivity contribution in [2.75, 3.05) is 13.7 Å². The number of rotatable bonds is 7. The largest absolute Gasteiger partial charge is 0.496 e. The van der Waals surface area contributed by atoms with Gasteiger partial charge in [0.1, 0.15) is 5.75 Å². The van der Waals surface area contributed by atoms with Gasteiger partial charge >= 0.3 is 5.69 Å². The van der Waals surface area contributed by atoms with E-state index in [9.17, 15) is 9.59 Å². The first-order chi connectivity index (χ1) is 14.1. The molecule has 1 aromatic carbocycles. The van der Waals surface area contributed by atoms with E-state index in [-0.39, 0.29) is 30.7 Å². The Morgan fingerprint density at radius 3 is 2.86 bits per heavy atom. The van der Waals surface area contributed by atoms with E-state index in [1.807, 2.05) is 12.1 Å². The first-order valence-electron chi connectivity index (χ1n) is 9.30. The van der Waals surface area contributed by atoms with Crippen LogP contribution >= 0.6 is 11.6 Å². The molecule has 2 aromatic heterocycles. The molecule has 2 heterocycles. The molecule has 0 spiro atoms. The Hall–Kier alpha value is -3.13. The van der Waals surface area contributed by atoms with Crippen LogP contribution in [0.1, 0.15) is 29.2 Å². The summed E-state index contributed by atoms with van der Waals surface area (Å²) in [6.07, 6.45) is 5.30. The number of carbonyl (C=O) groups excluding carboxylic acids is 1. The summed E-state index contributed by atoms with van der Waals surface area (Å²) in [6.45, 7) is 0.489. The zero-order chi connectivity index (χ0) is 20.4. The first kappa shape index (κ1) is 19.2. The maximum Gasteiger partial charge on any atom is 0.346 e. The monoisotopic (exact) mass is 413 g/mol. The summed E-state index contributed by atoms with van der Waals surface area (Å²) in [4.78, 5) is 29.4. The van der Waals surface area contributed by atoms with E-state index in [0.29, 0.717) is 22.2 Å². The van der Waals surface area contributed by atoms with Gasteiger partial charge in [0, 0.05) is 35.6 Å². The quantitative estimate of drug-likeness (QED) is 0.642. The summed E-state index contributed by atoms with van der Waals surface area (Å²) in [5.74, 6) is 0.709. The average molecular weight is 414 g/mol. The van der Waals surface area contributed by atoms with Crippen LogP contribution in [0, 0.1) is 0 Å². The number of carbonyl (C=O) groups is 1. The minimum absolute atomic E-state index is 0.178. The maximum absolute atomic E-state index is 12.8. The number of benzene rings is 1. The minimum Gasteiger partial charge on any atom is -0.496 e. The third-order valence-electron chi connectivity index (χ3n) is 4.72.